The third-order valence-corrected chi connectivity index (χ3v) is 4.30. The van der Waals surface area contributed by atoms with Gasteiger partial charge in [0.05, 0.1) is 22.7 Å². The quantitative estimate of drug-likeness (QED) is 0.899. The van der Waals surface area contributed by atoms with E-state index in [0.29, 0.717) is 28.1 Å². The number of hydrogen-bond acceptors (Lipinski definition) is 3. The Hall–Kier alpha value is -1.62. The van der Waals surface area contributed by atoms with Crippen LogP contribution in [0.2, 0.25) is 10.0 Å². The van der Waals surface area contributed by atoms with Gasteiger partial charge in [0.25, 0.3) is 0 Å². The Morgan fingerprint density at radius 3 is 2.50 bits per heavy atom. The van der Waals surface area contributed by atoms with Gasteiger partial charge in [-0.3, -0.25) is 0 Å². The smallest absolute Gasteiger partial charge is 0.231 e. The van der Waals surface area contributed by atoms with E-state index in [-0.39, 0.29) is 12.5 Å². The summed E-state index contributed by atoms with van der Waals surface area (Å²) >= 11 is 12.0. The summed E-state index contributed by atoms with van der Waals surface area (Å²) in [6, 6.07) is 9.05. The summed E-state index contributed by atoms with van der Waals surface area (Å²) in [5, 5.41) is 11.2. The summed E-state index contributed by atoms with van der Waals surface area (Å²) in [7, 11) is 2.05. The summed E-state index contributed by atoms with van der Waals surface area (Å²) in [5.74, 6) is 1.48. The first-order valence-electron chi connectivity index (χ1n) is 6.89. The summed E-state index contributed by atoms with van der Waals surface area (Å²) in [6.45, 7) is 1.62. The fourth-order valence-corrected chi connectivity index (χ4v) is 2.82. The Balaban J connectivity index is 1.71. The maximum absolute atomic E-state index is 10.1. The third kappa shape index (κ3) is 3.24. The highest BCUT2D eigenvalue weighted by Crippen LogP contribution is 2.37. The third-order valence-electron chi connectivity index (χ3n) is 3.56. The molecule has 1 heterocycles. The number of phenolic OH excluding ortho intramolecular Hbond substituents is 1. The van der Waals surface area contributed by atoms with Crippen LogP contribution in [0.3, 0.4) is 0 Å². The number of hydrogen-bond donors (Lipinski definition) is 2. The van der Waals surface area contributed by atoms with Gasteiger partial charge in [-0.05, 0) is 18.2 Å². The lowest BCUT2D eigenvalue weighted by atomic mass is 10.1. The topological polar surface area (TPSA) is 43.1 Å². The van der Waals surface area contributed by atoms with Gasteiger partial charge in [0, 0.05) is 11.6 Å². The van der Waals surface area contributed by atoms with Gasteiger partial charge in [0.2, 0.25) is 6.79 Å². The minimum Gasteiger partial charge on any atom is -0.507 e. The zero-order valence-corrected chi connectivity index (χ0v) is 13.5. The molecule has 2 N–H and O–H groups in total. The molecule has 0 aromatic heterocycles. The van der Waals surface area contributed by atoms with E-state index in [0.717, 1.165) is 17.7 Å². The van der Waals surface area contributed by atoms with Crippen molar-refractivity contribution in [2.75, 3.05) is 13.8 Å². The summed E-state index contributed by atoms with van der Waals surface area (Å²) in [5.41, 5.74) is 1.91. The van der Waals surface area contributed by atoms with E-state index in [1.165, 1.54) is 4.90 Å². The average Bonchev–Trinajstić information content (AvgIpc) is 2.90. The predicted octanol–water partition coefficient (Wildman–Crippen LogP) is 2.64. The molecule has 1 aliphatic rings. The van der Waals surface area contributed by atoms with Gasteiger partial charge in [-0.2, -0.15) is 0 Å². The molecular formula is C16H16Cl2NO3+. The van der Waals surface area contributed by atoms with Crippen molar-refractivity contribution in [2.24, 2.45) is 0 Å². The predicted molar refractivity (Wildman–Crippen MR) is 85.0 cm³/mol. The molecule has 0 amide bonds. The Bertz CT molecular complexity index is 706. The number of fused-ring (bicyclic) bond motifs is 1. The minimum atomic E-state index is 0.199. The second-order valence-corrected chi connectivity index (χ2v) is 6.21. The molecule has 0 saturated carbocycles. The first-order chi connectivity index (χ1) is 10.5. The minimum absolute atomic E-state index is 0.199. The SMILES string of the molecule is C[NH+](Cc1ccc(Cl)c(Cl)c1)Cc1cc2c(cc1O)OCO2. The Morgan fingerprint density at radius 1 is 1.05 bits per heavy atom. The highest BCUT2D eigenvalue weighted by molar-refractivity contribution is 6.42. The number of phenols is 1. The van der Waals surface area contributed by atoms with E-state index in [4.69, 9.17) is 32.7 Å². The first-order valence-corrected chi connectivity index (χ1v) is 7.65. The van der Waals surface area contributed by atoms with Crippen molar-refractivity contribution in [3.8, 4) is 17.2 Å². The van der Waals surface area contributed by atoms with Crippen molar-refractivity contribution in [1.82, 2.24) is 0 Å². The van der Waals surface area contributed by atoms with E-state index >= 15 is 0 Å². The standard InChI is InChI=1S/C16H15Cl2NO3/c1-19(7-10-2-3-12(17)13(18)4-10)8-11-5-15-16(6-14(11)20)22-9-21-15/h2-6,20H,7-9H2,1H3/p+1. The van der Waals surface area contributed by atoms with Gasteiger partial charge >= 0.3 is 0 Å². The van der Waals surface area contributed by atoms with Gasteiger partial charge < -0.3 is 19.5 Å². The second kappa shape index (κ2) is 6.24. The average molecular weight is 341 g/mol. The highest BCUT2D eigenvalue weighted by atomic mass is 35.5. The van der Waals surface area contributed by atoms with Gasteiger partial charge in [-0.25, -0.2) is 0 Å². The molecule has 3 rings (SSSR count). The Kier molecular flexibility index (Phi) is 4.34. The molecule has 6 heteroatoms. The van der Waals surface area contributed by atoms with Crippen LogP contribution in [0.25, 0.3) is 0 Å². The Labute approximate surface area is 138 Å². The lowest BCUT2D eigenvalue weighted by Gasteiger charge is -2.15. The van der Waals surface area contributed by atoms with Crippen LogP contribution in [0.5, 0.6) is 17.2 Å². The molecule has 1 aliphatic heterocycles. The Morgan fingerprint density at radius 2 is 1.77 bits per heavy atom. The van der Waals surface area contributed by atoms with E-state index < -0.39 is 0 Å². The number of benzene rings is 2. The van der Waals surface area contributed by atoms with E-state index in [1.807, 2.05) is 25.2 Å². The lowest BCUT2D eigenvalue weighted by Crippen LogP contribution is -3.06. The van der Waals surface area contributed by atoms with E-state index in [9.17, 15) is 5.11 Å². The molecule has 1 unspecified atom stereocenters. The molecule has 0 saturated heterocycles. The van der Waals surface area contributed by atoms with Crippen LogP contribution in [0, 0.1) is 0 Å². The maximum Gasteiger partial charge on any atom is 0.231 e. The number of ether oxygens (including phenoxy) is 2. The van der Waals surface area contributed by atoms with Gasteiger partial charge in [0.1, 0.15) is 18.8 Å². The van der Waals surface area contributed by atoms with Gasteiger partial charge in [0.15, 0.2) is 11.5 Å². The maximum atomic E-state index is 10.1. The molecule has 0 spiro atoms. The van der Waals surface area contributed by atoms with Crippen LogP contribution >= 0.6 is 23.2 Å². The molecular weight excluding hydrogens is 325 g/mol. The molecule has 1 atom stereocenters. The molecule has 116 valence electrons. The van der Waals surface area contributed by atoms with Crippen molar-refractivity contribution in [3.05, 3.63) is 51.5 Å². The number of nitrogens with one attached hydrogen (secondary N) is 1. The molecule has 4 nitrogen and oxygen atoms in total. The van der Waals surface area contributed by atoms with Crippen LogP contribution in [-0.2, 0) is 13.1 Å². The molecule has 2 aromatic carbocycles. The molecule has 0 radical (unpaired) electrons. The van der Waals surface area contributed by atoms with E-state index in [2.05, 4.69) is 0 Å². The lowest BCUT2D eigenvalue weighted by molar-refractivity contribution is -0.907. The molecule has 0 fully saturated rings. The number of rotatable bonds is 4. The van der Waals surface area contributed by atoms with Crippen LogP contribution in [0.1, 0.15) is 11.1 Å². The fraction of sp³-hybridized carbons (Fsp3) is 0.250. The van der Waals surface area contributed by atoms with Gasteiger partial charge in [-0.15, -0.1) is 0 Å². The largest absolute Gasteiger partial charge is 0.507 e. The zero-order chi connectivity index (χ0) is 15.7. The number of aromatic hydroxyl groups is 1. The van der Waals surface area contributed by atoms with Crippen molar-refractivity contribution in [3.63, 3.8) is 0 Å². The molecule has 0 bridgehead atoms. The molecule has 0 aliphatic carbocycles. The fourth-order valence-electron chi connectivity index (χ4n) is 2.50. The number of halogens is 2. The van der Waals surface area contributed by atoms with Crippen molar-refractivity contribution < 1.29 is 19.5 Å². The zero-order valence-electron chi connectivity index (χ0n) is 12.0. The highest BCUT2D eigenvalue weighted by Gasteiger charge is 2.19. The summed E-state index contributed by atoms with van der Waals surface area (Å²) in [6.07, 6.45) is 0. The van der Waals surface area contributed by atoms with Crippen LogP contribution in [0.15, 0.2) is 30.3 Å². The summed E-state index contributed by atoms with van der Waals surface area (Å²) in [4.78, 5) is 1.20. The van der Waals surface area contributed by atoms with Crippen LogP contribution < -0.4 is 14.4 Å². The molecule has 22 heavy (non-hydrogen) atoms. The summed E-state index contributed by atoms with van der Waals surface area (Å²) < 4.78 is 10.6. The monoisotopic (exact) mass is 340 g/mol. The number of quaternary nitrogens is 1. The van der Waals surface area contributed by atoms with Crippen molar-refractivity contribution >= 4 is 23.2 Å². The van der Waals surface area contributed by atoms with Gasteiger partial charge in [-0.1, -0.05) is 29.3 Å². The van der Waals surface area contributed by atoms with Crippen LogP contribution in [-0.4, -0.2) is 18.9 Å². The van der Waals surface area contributed by atoms with E-state index in [1.54, 1.807) is 12.1 Å². The first kappa shape index (κ1) is 15.3. The molecule has 2 aromatic rings. The van der Waals surface area contributed by atoms with Crippen molar-refractivity contribution in [2.45, 2.75) is 13.1 Å². The second-order valence-electron chi connectivity index (χ2n) is 5.39. The van der Waals surface area contributed by atoms with Crippen LogP contribution in [0.4, 0.5) is 0 Å². The normalized spacial score (nSPS) is 14.1. The van der Waals surface area contributed by atoms with Crippen molar-refractivity contribution in [1.29, 1.82) is 0 Å².